The van der Waals surface area contributed by atoms with Gasteiger partial charge in [-0.05, 0) is 25.2 Å². The first kappa shape index (κ1) is 9.00. The molecule has 2 fully saturated rings. The van der Waals surface area contributed by atoms with E-state index in [-0.39, 0.29) is 17.5 Å². The molecule has 3 heteroatoms. The molecule has 1 heterocycles. The summed E-state index contributed by atoms with van der Waals surface area (Å²) >= 11 is 0. The van der Waals surface area contributed by atoms with Gasteiger partial charge >= 0.3 is 5.97 Å². The van der Waals surface area contributed by atoms with Crippen molar-refractivity contribution in [1.82, 2.24) is 0 Å². The molecule has 0 N–H and O–H groups in total. The molecule has 13 heavy (non-hydrogen) atoms. The highest BCUT2D eigenvalue weighted by Crippen LogP contribution is 2.63. The van der Waals surface area contributed by atoms with Crippen molar-refractivity contribution < 1.29 is 14.3 Å². The second kappa shape index (κ2) is 2.47. The number of hydrogen-bond donors (Lipinski definition) is 0. The summed E-state index contributed by atoms with van der Waals surface area (Å²) in [7, 11) is 1.43. The molecule has 0 aromatic carbocycles. The first-order valence-electron chi connectivity index (χ1n) is 4.88. The molecule has 1 saturated heterocycles. The second-order valence-electron chi connectivity index (χ2n) is 4.33. The van der Waals surface area contributed by atoms with E-state index >= 15 is 0 Å². The summed E-state index contributed by atoms with van der Waals surface area (Å²) in [5.41, 5.74) is -0.756. The molecule has 2 aliphatic rings. The summed E-state index contributed by atoms with van der Waals surface area (Å²) < 4.78 is 10.5. The van der Waals surface area contributed by atoms with E-state index in [9.17, 15) is 4.79 Å². The molecule has 0 aromatic heterocycles. The van der Waals surface area contributed by atoms with Gasteiger partial charge < -0.3 is 9.47 Å². The predicted octanol–water partition coefficient (Wildman–Crippen LogP) is 1.51. The molecule has 2 rings (SSSR count). The van der Waals surface area contributed by atoms with Crippen molar-refractivity contribution in [3.05, 3.63) is 0 Å². The van der Waals surface area contributed by atoms with Gasteiger partial charge in [0.2, 0.25) is 0 Å². The maximum Gasteiger partial charge on any atom is 0.341 e. The molecule has 1 spiro atoms. The highest BCUT2D eigenvalue weighted by atomic mass is 16.7. The zero-order valence-corrected chi connectivity index (χ0v) is 8.42. The first-order chi connectivity index (χ1) is 6.09. The van der Waals surface area contributed by atoms with Gasteiger partial charge in [0.1, 0.15) is 5.60 Å². The molecule has 1 saturated carbocycles. The van der Waals surface area contributed by atoms with Crippen molar-refractivity contribution in [2.45, 2.75) is 44.3 Å². The molecule has 0 bridgehead atoms. The Bertz CT molecular complexity index is 243. The fourth-order valence-electron chi connectivity index (χ4n) is 2.51. The van der Waals surface area contributed by atoms with Crippen molar-refractivity contribution in [1.29, 1.82) is 0 Å². The number of ether oxygens (including phenoxy) is 2. The number of carbonyl (C=O) groups is 1. The maximum absolute atomic E-state index is 11.6. The quantitative estimate of drug-likeness (QED) is 0.482. The van der Waals surface area contributed by atoms with Crippen molar-refractivity contribution >= 4 is 5.97 Å². The van der Waals surface area contributed by atoms with Gasteiger partial charge in [-0.25, -0.2) is 4.79 Å². The summed E-state index contributed by atoms with van der Waals surface area (Å²) in [4.78, 5) is 11.6. The standard InChI is InChI=1S/C10H16O3/c1-7(2)10(8(11)12-3)9(13-10)5-4-6-9/h7H,4-6H2,1-3H3. The topological polar surface area (TPSA) is 38.8 Å². The van der Waals surface area contributed by atoms with Crippen LogP contribution < -0.4 is 0 Å². The number of carbonyl (C=O) groups excluding carboxylic acids is 1. The van der Waals surface area contributed by atoms with E-state index in [0.717, 1.165) is 12.8 Å². The summed E-state index contributed by atoms with van der Waals surface area (Å²) in [6.07, 6.45) is 3.20. The zero-order chi connectivity index (χ0) is 9.69. The Kier molecular flexibility index (Phi) is 1.71. The minimum Gasteiger partial charge on any atom is -0.467 e. The van der Waals surface area contributed by atoms with Crippen LogP contribution in [-0.2, 0) is 14.3 Å². The largest absolute Gasteiger partial charge is 0.467 e. The predicted molar refractivity (Wildman–Crippen MR) is 47.3 cm³/mol. The van der Waals surface area contributed by atoms with Gasteiger partial charge in [-0.15, -0.1) is 0 Å². The van der Waals surface area contributed by atoms with E-state index in [1.54, 1.807) is 0 Å². The van der Waals surface area contributed by atoms with Crippen molar-refractivity contribution in [3.63, 3.8) is 0 Å². The smallest absolute Gasteiger partial charge is 0.341 e. The summed E-state index contributed by atoms with van der Waals surface area (Å²) in [6, 6.07) is 0. The Morgan fingerprint density at radius 2 is 2.08 bits per heavy atom. The summed E-state index contributed by atoms with van der Waals surface area (Å²) in [6.45, 7) is 4.04. The fourth-order valence-corrected chi connectivity index (χ4v) is 2.51. The Morgan fingerprint density at radius 1 is 1.46 bits per heavy atom. The average molecular weight is 184 g/mol. The lowest BCUT2D eigenvalue weighted by Crippen LogP contribution is -2.43. The molecular formula is C10H16O3. The van der Waals surface area contributed by atoms with Crippen LogP contribution in [0.4, 0.5) is 0 Å². The third-order valence-electron chi connectivity index (χ3n) is 3.45. The zero-order valence-electron chi connectivity index (χ0n) is 8.42. The van der Waals surface area contributed by atoms with Crippen molar-refractivity contribution in [3.8, 4) is 0 Å². The van der Waals surface area contributed by atoms with E-state index in [1.165, 1.54) is 13.5 Å². The van der Waals surface area contributed by atoms with Gasteiger partial charge in [-0.2, -0.15) is 0 Å². The van der Waals surface area contributed by atoms with E-state index in [2.05, 4.69) is 0 Å². The Labute approximate surface area is 78.4 Å². The van der Waals surface area contributed by atoms with Crippen LogP contribution in [0.5, 0.6) is 0 Å². The minimum atomic E-state index is -0.611. The van der Waals surface area contributed by atoms with E-state index in [0.29, 0.717) is 0 Å². The summed E-state index contributed by atoms with van der Waals surface area (Å²) in [5, 5.41) is 0. The third kappa shape index (κ3) is 0.857. The van der Waals surface area contributed by atoms with Crippen LogP contribution in [0.15, 0.2) is 0 Å². The van der Waals surface area contributed by atoms with Crippen LogP contribution in [0.25, 0.3) is 0 Å². The maximum atomic E-state index is 11.6. The van der Waals surface area contributed by atoms with Gasteiger partial charge in [-0.3, -0.25) is 0 Å². The summed E-state index contributed by atoms with van der Waals surface area (Å²) in [5.74, 6) is 0.0162. The number of rotatable bonds is 2. The minimum absolute atomic E-state index is 0.145. The highest BCUT2D eigenvalue weighted by molar-refractivity contribution is 5.85. The van der Waals surface area contributed by atoms with Gasteiger partial charge in [0.25, 0.3) is 0 Å². The Balaban J connectivity index is 2.21. The molecule has 0 radical (unpaired) electrons. The van der Waals surface area contributed by atoms with Crippen LogP contribution in [0, 0.1) is 5.92 Å². The molecule has 1 atom stereocenters. The molecule has 1 aliphatic carbocycles. The first-order valence-corrected chi connectivity index (χ1v) is 4.88. The lowest BCUT2D eigenvalue weighted by Gasteiger charge is -2.27. The molecule has 0 amide bonds. The molecule has 3 nitrogen and oxygen atoms in total. The van der Waals surface area contributed by atoms with Crippen LogP contribution in [0.3, 0.4) is 0 Å². The molecule has 1 unspecified atom stereocenters. The van der Waals surface area contributed by atoms with Crippen molar-refractivity contribution in [2.24, 2.45) is 5.92 Å². The molecular weight excluding hydrogens is 168 g/mol. The lowest BCUT2D eigenvalue weighted by atomic mass is 9.71. The van der Waals surface area contributed by atoms with Crippen LogP contribution >= 0.6 is 0 Å². The molecule has 74 valence electrons. The van der Waals surface area contributed by atoms with Crippen LogP contribution in [0.1, 0.15) is 33.1 Å². The Morgan fingerprint density at radius 3 is 2.31 bits per heavy atom. The van der Waals surface area contributed by atoms with E-state index < -0.39 is 5.60 Å². The number of epoxide rings is 1. The fraction of sp³-hybridized carbons (Fsp3) is 0.900. The van der Waals surface area contributed by atoms with Crippen LogP contribution in [-0.4, -0.2) is 24.3 Å². The SMILES string of the molecule is COC(=O)C1(C(C)C)OC12CCC2. The van der Waals surface area contributed by atoms with Crippen LogP contribution in [0.2, 0.25) is 0 Å². The lowest BCUT2D eigenvalue weighted by molar-refractivity contribution is -0.148. The van der Waals surface area contributed by atoms with Gasteiger partial charge in [0.05, 0.1) is 7.11 Å². The van der Waals surface area contributed by atoms with Gasteiger partial charge in [0, 0.05) is 0 Å². The Hall–Kier alpha value is -0.570. The second-order valence-corrected chi connectivity index (χ2v) is 4.33. The number of hydrogen-bond acceptors (Lipinski definition) is 3. The number of methoxy groups -OCH3 is 1. The highest BCUT2D eigenvalue weighted by Gasteiger charge is 2.78. The van der Waals surface area contributed by atoms with E-state index in [1.807, 2.05) is 13.8 Å². The van der Waals surface area contributed by atoms with Gasteiger partial charge in [0.15, 0.2) is 5.60 Å². The van der Waals surface area contributed by atoms with E-state index in [4.69, 9.17) is 9.47 Å². The molecule has 0 aromatic rings. The third-order valence-corrected chi connectivity index (χ3v) is 3.45. The number of esters is 1. The van der Waals surface area contributed by atoms with Crippen molar-refractivity contribution in [2.75, 3.05) is 7.11 Å². The van der Waals surface area contributed by atoms with Gasteiger partial charge in [-0.1, -0.05) is 13.8 Å². The molecule has 1 aliphatic heterocycles. The monoisotopic (exact) mass is 184 g/mol. The average Bonchev–Trinajstić information content (AvgIpc) is 2.73. The normalized spacial score (nSPS) is 34.5.